The number of benzene rings is 2. The van der Waals surface area contributed by atoms with E-state index >= 15 is 0 Å². The molecular formula is C22H25N3O3. The zero-order chi connectivity index (χ0) is 19.3. The molecular weight excluding hydrogens is 354 g/mol. The maximum atomic E-state index is 12.9. The summed E-state index contributed by atoms with van der Waals surface area (Å²) in [5, 5.41) is 4.16. The standard InChI is InChI=1S/C22H25N3O3/c1-27-20-10-6-5-9-18(20)19-15-21(28-23-19)22(26)25-13-11-24(12-14-25)16-17-7-3-2-4-8-17/h2-10,21H,11-16H2,1H3. The van der Waals surface area contributed by atoms with Gasteiger partial charge < -0.3 is 14.5 Å². The lowest BCUT2D eigenvalue weighted by Gasteiger charge is -2.35. The van der Waals surface area contributed by atoms with E-state index in [0.29, 0.717) is 6.42 Å². The van der Waals surface area contributed by atoms with Gasteiger partial charge in [-0.25, -0.2) is 0 Å². The average Bonchev–Trinajstić information content (AvgIpc) is 3.24. The Kier molecular flexibility index (Phi) is 5.58. The van der Waals surface area contributed by atoms with Gasteiger partial charge in [0, 0.05) is 44.7 Å². The number of amides is 1. The molecule has 1 amide bonds. The highest BCUT2D eigenvalue weighted by Gasteiger charge is 2.34. The van der Waals surface area contributed by atoms with Crippen LogP contribution >= 0.6 is 0 Å². The quantitative estimate of drug-likeness (QED) is 0.801. The molecule has 4 rings (SSSR count). The molecule has 0 spiro atoms. The van der Waals surface area contributed by atoms with Gasteiger partial charge in [-0.15, -0.1) is 0 Å². The van der Waals surface area contributed by atoms with Crippen LogP contribution in [-0.2, 0) is 16.2 Å². The van der Waals surface area contributed by atoms with E-state index in [0.717, 1.165) is 49.7 Å². The molecule has 1 fully saturated rings. The van der Waals surface area contributed by atoms with Crippen LogP contribution in [-0.4, -0.2) is 60.8 Å². The predicted octanol–water partition coefficient (Wildman–Crippen LogP) is 2.53. The summed E-state index contributed by atoms with van der Waals surface area (Å²) in [4.78, 5) is 22.6. The van der Waals surface area contributed by atoms with Crippen LogP contribution in [0.25, 0.3) is 0 Å². The van der Waals surface area contributed by atoms with E-state index in [1.807, 2.05) is 35.2 Å². The summed E-state index contributed by atoms with van der Waals surface area (Å²) < 4.78 is 5.39. The van der Waals surface area contributed by atoms with Crippen LogP contribution in [0.2, 0.25) is 0 Å². The highest BCUT2D eigenvalue weighted by molar-refractivity contribution is 6.05. The van der Waals surface area contributed by atoms with Crippen molar-refractivity contribution >= 4 is 11.6 Å². The summed E-state index contributed by atoms with van der Waals surface area (Å²) in [5.74, 6) is 0.764. The Morgan fingerprint density at radius 1 is 1.07 bits per heavy atom. The maximum Gasteiger partial charge on any atom is 0.266 e. The van der Waals surface area contributed by atoms with Crippen molar-refractivity contribution in [2.24, 2.45) is 5.16 Å². The van der Waals surface area contributed by atoms with E-state index in [1.165, 1.54) is 5.56 Å². The summed E-state index contributed by atoms with van der Waals surface area (Å²) in [6.07, 6.45) is -0.0655. The Hall–Kier alpha value is -2.86. The molecule has 2 aromatic carbocycles. The minimum absolute atomic E-state index is 0.0213. The molecule has 1 saturated heterocycles. The predicted molar refractivity (Wildman–Crippen MR) is 107 cm³/mol. The van der Waals surface area contributed by atoms with Crippen LogP contribution in [0.5, 0.6) is 5.75 Å². The van der Waals surface area contributed by atoms with E-state index in [9.17, 15) is 4.79 Å². The number of nitrogens with zero attached hydrogens (tertiary/aromatic N) is 3. The second-order valence-corrected chi connectivity index (χ2v) is 7.12. The molecule has 6 heteroatoms. The molecule has 0 saturated carbocycles. The summed E-state index contributed by atoms with van der Waals surface area (Å²) in [6, 6.07) is 18.1. The fourth-order valence-electron chi connectivity index (χ4n) is 3.72. The third kappa shape index (κ3) is 4.02. The Morgan fingerprint density at radius 2 is 1.79 bits per heavy atom. The molecule has 0 N–H and O–H groups in total. The topological polar surface area (TPSA) is 54.4 Å². The van der Waals surface area contributed by atoms with E-state index in [1.54, 1.807) is 7.11 Å². The van der Waals surface area contributed by atoms with Gasteiger partial charge in [-0.3, -0.25) is 9.69 Å². The van der Waals surface area contributed by atoms with Crippen molar-refractivity contribution in [3.05, 3.63) is 65.7 Å². The van der Waals surface area contributed by atoms with Gasteiger partial charge in [-0.1, -0.05) is 47.6 Å². The maximum absolute atomic E-state index is 12.9. The van der Waals surface area contributed by atoms with Gasteiger partial charge in [0.2, 0.25) is 6.10 Å². The first-order chi connectivity index (χ1) is 13.7. The van der Waals surface area contributed by atoms with Gasteiger partial charge in [0.15, 0.2) is 0 Å². The van der Waals surface area contributed by atoms with Crippen molar-refractivity contribution in [1.82, 2.24) is 9.80 Å². The molecule has 0 aliphatic carbocycles. The molecule has 0 radical (unpaired) electrons. The molecule has 0 bridgehead atoms. The fraction of sp³-hybridized carbons (Fsp3) is 0.364. The van der Waals surface area contributed by atoms with Crippen LogP contribution in [0.1, 0.15) is 17.5 Å². The number of methoxy groups -OCH3 is 1. The van der Waals surface area contributed by atoms with Gasteiger partial charge in [-0.05, 0) is 17.7 Å². The third-order valence-corrected chi connectivity index (χ3v) is 5.30. The Morgan fingerprint density at radius 3 is 2.54 bits per heavy atom. The van der Waals surface area contributed by atoms with E-state index in [2.05, 4.69) is 34.3 Å². The second kappa shape index (κ2) is 8.44. The molecule has 2 aliphatic rings. The van der Waals surface area contributed by atoms with Crippen LogP contribution < -0.4 is 4.74 Å². The molecule has 2 heterocycles. The SMILES string of the molecule is COc1ccccc1C1=NOC(C(=O)N2CCN(Cc3ccccc3)CC2)C1. The van der Waals surface area contributed by atoms with Crippen LogP contribution in [0.4, 0.5) is 0 Å². The Labute approximate surface area is 165 Å². The number of carbonyl (C=O) groups is 1. The number of piperazine rings is 1. The number of hydrogen-bond donors (Lipinski definition) is 0. The van der Waals surface area contributed by atoms with Crippen molar-refractivity contribution in [3.63, 3.8) is 0 Å². The lowest BCUT2D eigenvalue weighted by molar-refractivity contribution is -0.143. The first kappa shape index (κ1) is 18.5. The number of oxime groups is 1. The highest BCUT2D eigenvalue weighted by atomic mass is 16.6. The minimum atomic E-state index is -0.541. The fourth-order valence-corrected chi connectivity index (χ4v) is 3.72. The van der Waals surface area contributed by atoms with Gasteiger partial charge in [0.25, 0.3) is 5.91 Å². The van der Waals surface area contributed by atoms with E-state index in [4.69, 9.17) is 9.57 Å². The molecule has 2 aromatic rings. The lowest BCUT2D eigenvalue weighted by Crippen LogP contribution is -2.51. The number of carbonyl (C=O) groups excluding carboxylic acids is 1. The van der Waals surface area contributed by atoms with Crippen molar-refractivity contribution in [2.75, 3.05) is 33.3 Å². The van der Waals surface area contributed by atoms with Crippen LogP contribution in [0.15, 0.2) is 59.8 Å². The van der Waals surface area contributed by atoms with Gasteiger partial charge in [-0.2, -0.15) is 0 Å². The highest BCUT2D eigenvalue weighted by Crippen LogP contribution is 2.25. The first-order valence-electron chi connectivity index (χ1n) is 9.66. The normalized spacial score (nSPS) is 19.8. The van der Waals surface area contributed by atoms with Gasteiger partial charge in [0.05, 0.1) is 12.8 Å². The number of ether oxygens (including phenoxy) is 1. The average molecular weight is 379 g/mol. The number of para-hydroxylation sites is 1. The molecule has 1 atom stereocenters. The summed E-state index contributed by atoms with van der Waals surface area (Å²) in [7, 11) is 1.63. The molecule has 1 unspecified atom stereocenters. The number of rotatable bonds is 5. The van der Waals surface area contributed by atoms with Crippen LogP contribution in [0, 0.1) is 0 Å². The largest absolute Gasteiger partial charge is 0.496 e. The van der Waals surface area contributed by atoms with Crippen LogP contribution in [0.3, 0.4) is 0 Å². The lowest BCUT2D eigenvalue weighted by atomic mass is 10.0. The van der Waals surface area contributed by atoms with Crippen molar-refractivity contribution in [1.29, 1.82) is 0 Å². The monoisotopic (exact) mass is 379 g/mol. The second-order valence-electron chi connectivity index (χ2n) is 7.12. The third-order valence-electron chi connectivity index (χ3n) is 5.30. The van der Waals surface area contributed by atoms with Gasteiger partial charge >= 0.3 is 0 Å². The summed E-state index contributed by atoms with van der Waals surface area (Å²) >= 11 is 0. The molecule has 0 aromatic heterocycles. The molecule has 146 valence electrons. The Bertz CT molecular complexity index is 845. The Balaban J connectivity index is 1.30. The van der Waals surface area contributed by atoms with Gasteiger partial charge in [0.1, 0.15) is 5.75 Å². The van der Waals surface area contributed by atoms with Crippen molar-refractivity contribution in [3.8, 4) is 5.75 Å². The molecule has 28 heavy (non-hydrogen) atoms. The summed E-state index contributed by atoms with van der Waals surface area (Å²) in [6.45, 7) is 4.09. The number of hydrogen-bond acceptors (Lipinski definition) is 5. The minimum Gasteiger partial charge on any atom is -0.496 e. The van der Waals surface area contributed by atoms with Crippen molar-refractivity contribution in [2.45, 2.75) is 19.1 Å². The molecule has 2 aliphatic heterocycles. The summed E-state index contributed by atoms with van der Waals surface area (Å²) in [5.41, 5.74) is 2.95. The zero-order valence-corrected chi connectivity index (χ0v) is 16.1. The first-order valence-corrected chi connectivity index (χ1v) is 9.66. The van der Waals surface area contributed by atoms with Crippen molar-refractivity contribution < 1.29 is 14.4 Å². The molecule has 6 nitrogen and oxygen atoms in total. The smallest absolute Gasteiger partial charge is 0.266 e. The van der Waals surface area contributed by atoms with E-state index in [-0.39, 0.29) is 5.91 Å². The van der Waals surface area contributed by atoms with E-state index < -0.39 is 6.10 Å². The zero-order valence-electron chi connectivity index (χ0n) is 16.1.